The average Bonchev–Trinajstić information content (AvgIpc) is 3.33. The van der Waals surface area contributed by atoms with Crippen molar-refractivity contribution in [2.45, 2.75) is 306 Å². The van der Waals surface area contributed by atoms with Gasteiger partial charge in [0, 0.05) is 6.42 Å². The van der Waals surface area contributed by atoms with Gasteiger partial charge in [0.05, 0.1) is 32.0 Å². The summed E-state index contributed by atoms with van der Waals surface area (Å²) in [5.74, 6) is -0.215. The van der Waals surface area contributed by atoms with Gasteiger partial charge in [-0.15, -0.1) is 0 Å². The SMILES string of the molecule is CCCCCCCCCC/C=C\CCCCCCCCCCCCCCCCCCCCCC(=O)NC(COC1OC(CO)C(OC2OC(CO)C(O)C(O)C2O)C(O)C1O)C(O)CCCCC. The molecule has 14 nitrogen and oxygen atoms in total. The van der Waals surface area contributed by atoms with Crippen LogP contribution in [0.3, 0.4) is 0 Å². The predicted octanol–water partition coefficient (Wildman–Crippen LogP) is 8.33. The maximum atomic E-state index is 13.0. The van der Waals surface area contributed by atoms with Crippen molar-refractivity contribution >= 4 is 5.91 Å². The number of carbonyl (C=O) groups is 1. The quantitative estimate of drug-likeness (QED) is 0.0207. The smallest absolute Gasteiger partial charge is 0.220 e. The number of allylic oxidation sites excluding steroid dienone is 2. The Kier molecular flexibility index (Phi) is 38.1. The van der Waals surface area contributed by atoms with E-state index in [0.29, 0.717) is 12.8 Å². The molecule has 2 saturated heterocycles. The van der Waals surface area contributed by atoms with Crippen molar-refractivity contribution in [3.8, 4) is 0 Å². The lowest BCUT2D eigenvalue weighted by molar-refractivity contribution is -0.359. The number of carbonyl (C=O) groups excluding carboxylic acids is 1. The average molecular weight is 974 g/mol. The molecule has 2 heterocycles. The van der Waals surface area contributed by atoms with Crippen LogP contribution in [0, 0.1) is 0 Å². The van der Waals surface area contributed by atoms with Gasteiger partial charge in [0.1, 0.15) is 48.8 Å². The first-order valence-electron chi connectivity index (χ1n) is 27.9. The summed E-state index contributed by atoms with van der Waals surface area (Å²) >= 11 is 0. The van der Waals surface area contributed by atoms with Crippen molar-refractivity contribution in [1.29, 1.82) is 0 Å². The minimum atomic E-state index is -1.78. The zero-order valence-electron chi connectivity index (χ0n) is 42.9. The van der Waals surface area contributed by atoms with Crippen LogP contribution in [0.15, 0.2) is 12.2 Å². The fraction of sp³-hybridized carbons (Fsp3) is 0.944. The molecular weight excluding hydrogens is 871 g/mol. The van der Waals surface area contributed by atoms with Crippen LogP contribution in [0.1, 0.15) is 232 Å². The van der Waals surface area contributed by atoms with Gasteiger partial charge in [-0.1, -0.05) is 199 Å². The summed E-state index contributed by atoms with van der Waals surface area (Å²) in [7, 11) is 0. The van der Waals surface area contributed by atoms with Crippen LogP contribution in [0.2, 0.25) is 0 Å². The second-order valence-corrected chi connectivity index (χ2v) is 20.1. The van der Waals surface area contributed by atoms with Crippen molar-refractivity contribution in [2.75, 3.05) is 19.8 Å². The highest BCUT2D eigenvalue weighted by Crippen LogP contribution is 2.30. The number of amides is 1. The van der Waals surface area contributed by atoms with Crippen LogP contribution >= 0.6 is 0 Å². The number of unbranched alkanes of at least 4 members (excludes halogenated alkanes) is 29. The van der Waals surface area contributed by atoms with E-state index < -0.39 is 86.8 Å². The topological polar surface area (TPSA) is 228 Å². The number of ether oxygens (including phenoxy) is 4. The lowest BCUT2D eigenvalue weighted by atomic mass is 9.97. The largest absolute Gasteiger partial charge is 0.394 e. The summed E-state index contributed by atoms with van der Waals surface area (Å²) < 4.78 is 22.5. The Hall–Kier alpha value is -1.27. The highest BCUT2D eigenvalue weighted by Gasteiger charge is 2.51. The minimum Gasteiger partial charge on any atom is -0.394 e. The Labute approximate surface area is 412 Å². The summed E-state index contributed by atoms with van der Waals surface area (Å²) in [5, 5.41) is 86.1. The summed E-state index contributed by atoms with van der Waals surface area (Å²) in [6, 6.07) is -0.820. The Balaban J connectivity index is 1.51. The van der Waals surface area contributed by atoms with Gasteiger partial charge >= 0.3 is 0 Å². The van der Waals surface area contributed by atoms with Crippen LogP contribution in [-0.2, 0) is 23.7 Å². The van der Waals surface area contributed by atoms with E-state index in [4.69, 9.17) is 18.9 Å². The van der Waals surface area contributed by atoms with Gasteiger partial charge in [-0.05, 0) is 38.5 Å². The van der Waals surface area contributed by atoms with E-state index in [1.54, 1.807) is 0 Å². The molecule has 12 unspecified atom stereocenters. The van der Waals surface area contributed by atoms with Crippen molar-refractivity contribution < 1.29 is 64.6 Å². The highest BCUT2D eigenvalue weighted by atomic mass is 16.7. The van der Waals surface area contributed by atoms with Crippen molar-refractivity contribution in [1.82, 2.24) is 5.32 Å². The molecule has 0 aromatic heterocycles. The first-order chi connectivity index (χ1) is 33.1. The van der Waals surface area contributed by atoms with E-state index in [1.165, 1.54) is 161 Å². The number of aliphatic hydroxyl groups is 8. The predicted molar refractivity (Wildman–Crippen MR) is 268 cm³/mol. The van der Waals surface area contributed by atoms with Crippen LogP contribution in [0.4, 0.5) is 0 Å². The van der Waals surface area contributed by atoms with Crippen LogP contribution in [0.5, 0.6) is 0 Å². The van der Waals surface area contributed by atoms with E-state index >= 15 is 0 Å². The summed E-state index contributed by atoms with van der Waals surface area (Å²) in [6.45, 7) is 2.69. The normalized spacial score (nSPS) is 26.4. The molecule has 12 atom stereocenters. The molecule has 0 aromatic carbocycles. The molecular formula is C54H103NO13. The first-order valence-corrected chi connectivity index (χ1v) is 27.9. The number of hydrogen-bond donors (Lipinski definition) is 9. The fourth-order valence-electron chi connectivity index (χ4n) is 9.41. The minimum absolute atomic E-state index is 0.215. The summed E-state index contributed by atoms with van der Waals surface area (Å²) in [4.78, 5) is 13.0. The van der Waals surface area contributed by atoms with E-state index in [-0.39, 0.29) is 12.5 Å². The lowest BCUT2D eigenvalue weighted by Gasteiger charge is -2.46. The number of rotatable bonds is 44. The summed E-state index contributed by atoms with van der Waals surface area (Å²) in [6.07, 6.45) is 29.3. The molecule has 2 aliphatic heterocycles. The lowest BCUT2D eigenvalue weighted by Crippen LogP contribution is -2.65. The van der Waals surface area contributed by atoms with Gasteiger partial charge < -0.3 is 65.1 Å². The van der Waals surface area contributed by atoms with E-state index in [9.17, 15) is 45.6 Å². The third-order valence-corrected chi connectivity index (χ3v) is 14.0. The van der Waals surface area contributed by atoms with Crippen molar-refractivity contribution in [3.63, 3.8) is 0 Å². The van der Waals surface area contributed by atoms with Gasteiger partial charge in [-0.3, -0.25) is 4.79 Å². The second kappa shape index (κ2) is 41.2. The van der Waals surface area contributed by atoms with Gasteiger partial charge in [0.2, 0.25) is 5.91 Å². The van der Waals surface area contributed by atoms with Crippen molar-refractivity contribution in [3.05, 3.63) is 12.2 Å². The molecule has 402 valence electrons. The molecule has 14 heteroatoms. The van der Waals surface area contributed by atoms with E-state index in [2.05, 4.69) is 31.3 Å². The molecule has 68 heavy (non-hydrogen) atoms. The zero-order valence-corrected chi connectivity index (χ0v) is 42.9. The Morgan fingerprint density at radius 1 is 0.515 bits per heavy atom. The van der Waals surface area contributed by atoms with Crippen LogP contribution in [0.25, 0.3) is 0 Å². The Morgan fingerprint density at radius 2 is 0.926 bits per heavy atom. The number of aliphatic hydroxyl groups excluding tert-OH is 8. The molecule has 1 amide bonds. The van der Waals surface area contributed by atoms with Gasteiger partial charge in [-0.2, -0.15) is 0 Å². The molecule has 0 aromatic rings. The Bertz CT molecular complexity index is 1200. The van der Waals surface area contributed by atoms with Gasteiger partial charge in [0.15, 0.2) is 12.6 Å². The molecule has 0 aliphatic carbocycles. The second-order valence-electron chi connectivity index (χ2n) is 20.1. The number of hydrogen-bond acceptors (Lipinski definition) is 13. The monoisotopic (exact) mass is 974 g/mol. The van der Waals surface area contributed by atoms with Gasteiger partial charge in [-0.25, -0.2) is 0 Å². The molecule has 2 aliphatic rings. The molecule has 0 spiro atoms. The third-order valence-electron chi connectivity index (χ3n) is 14.0. The maximum absolute atomic E-state index is 13.0. The fourth-order valence-corrected chi connectivity index (χ4v) is 9.41. The van der Waals surface area contributed by atoms with Crippen molar-refractivity contribution in [2.24, 2.45) is 0 Å². The number of nitrogens with one attached hydrogen (secondary N) is 1. The zero-order chi connectivity index (χ0) is 49.6. The van der Waals surface area contributed by atoms with E-state index in [1.807, 2.05) is 0 Å². The standard InChI is InChI=1S/C54H103NO13/c1-3-5-7-8-9-10-11-12-13-14-15-16-17-18-19-20-21-22-23-24-25-26-27-28-29-30-31-32-33-34-36-38-46(59)55-42(43(58)37-35-6-4-2)41-65-53-51(64)49(62)52(45(40-57)67-53)68-54-50(63)48(61)47(60)44(39-56)66-54/h14-15,42-45,47-54,56-58,60-64H,3-13,16-41H2,1-2H3,(H,55,59)/b15-14-. The van der Waals surface area contributed by atoms with Gasteiger partial charge in [0.25, 0.3) is 0 Å². The highest BCUT2D eigenvalue weighted by molar-refractivity contribution is 5.76. The molecule has 9 N–H and O–H groups in total. The van der Waals surface area contributed by atoms with E-state index in [0.717, 1.165) is 44.9 Å². The third kappa shape index (κ3) is 27.5. The van der Waals surface area contributed by atoms with Crippen LogP contribution in [-0.4, -0.2) is 140 Å². The molecule has 2 fully saturated rings. The molecule has 0 bridgehead atoms. The molecule has 0 radical (unpaired) electrons. The van der Waals surface area contributed by atoms with Crippen LogP contribution < -0.4 is 5.32 Å². The summed E-state index contributed by atoms with van der Waals surface area (Å²) in [5.41, 5.74) is 0. The first kappa shape index (κ1) is 62.8. The maximum Gasteiger partial charge on any atom is 0.220 e. The Morgan fingerprint density at radius 3 is 1.40 bits per heavy atom. The molecule has 2 rings (SSSR count). The molecule has 0 saturated carbocycles.